The first kappa shape index (κ1) is 18.5. The molecule has 0 bridgehead atoms. The summed E-state index contributed by atoms with van der Waals surface area (Å²) in [4.78, 5) is 7.27. The SMILES string of the molecule is CCNC(=NCc1nncn1CC)N1CC2CCCCC2C1.I. The molecule has 1 aromatic heterocycles. The van der Waals surface area contributed by atoms with E-state index in [0.717, 1.165) is 49.8 Å². The van der Waals surface area contributed by atoms with Gasteiger partial charge in [-0.3, -0.25) is 0 Å². The highest BCUT2D eigenvalue weighted by molar-refractivity contribution is 14.0. The van der Waals surface area contributed by atoms with Crippen molar-refractivity contribution in [3.05, 3.63) is 12.2 Å². The molecule has 1 saturated heterocycles. The van der Waals surface area contributed by atoms with E-state index >= 15 is 0 Å². The first-order chi connectivity index (χ1) is 10.8. The molecule has 2 atom stereocenters. The minimum atomic E-state index is 0. The predicted molar refractivity (Wildman–Crippen MR) is 103 cm³/mol. The van der Waals surface area contributed by atoms with E-state index in [2.05, 4.69) is 38.8 Å². The molecule has 1 aliphatic heterocycles. The van der Waals surface area contributed by atoms with Crippen LogP contribution in [-0.2, 0) is 13.1 Å². The number of hydrogen-bond acceptors (Lipinski definition) is 3. The van der Waals surface area contributed by atoms with Gasteiger partial charge < -0.3 is 14.8 Å². The molecule has 2 heterocycles. The van der Waals surface area contributed by atoms with E-state index in [1.807, 2.05) is 0 Å². The quantitative estimate of drug-likeness (QED) is 0.451. The number of fused-ring (bicyclic) bond motifs is 1. The van der Waals surface area contributed by atoms with Gasteiger partial charge in [0.05, 0.1) is 0 Å². The van der Waals surface area contributed by atoms with Crippen molar-refractivity contribution < 1.29 is 0 Å². The van der Waals surface area contributed by atoms with Crippen LogP contribution in [0.1, 0.15) is 45.4 Å². The fourth-order valence-corrected chi connectivity index (χ4v) is 3.82. The van der Waals surface area contributed by atoms with E-state index in [4.69, 9.17) is 4.99 Å². The summed E-state index contributed by atoms with van der Waals surface area (Å²) in [6.45, 7) is 8.96. The molecule has 1 aromatic rings. The number of hydrogen-bond donors (Lipinski definition) is 1. The number of nitrogens with one attached hydrogen (secondary N) is 1. The molecule has 1 N–H and O–H groups in total. The molecule has 7 heteroatoms. The van der Waals surface area contributed by atoms with Gasteiger partial charge in [-0.1, -0.05) is 12.8 Å². The third kappa shape index (κ3) is 4.36. The summed E-state index contributed by atoms with van der Waals surface area (Å²) in [6, 6.07) is 0. The van der Waals surface area contributed by atoms with Crippen LogP contribution in [0.15, 0.2) is 11.3 Å². The maximum Gasteiger partial charge on any atom is 0.194 e. The number of likely N-dealkylation sites (tertiary alicyclic amines) is 1. The number of guanidine groups is 1. The Bertz CT molecular complexity index is 500. The highest BCUT2D eigenvalue weighted by Crippen LogP contribution is 2.35. The van der Waals surface area contributed by atoms with Gasteiger partial charge in [-0.2, -0.15) is 0 Å². The molecular formula is C16H29IN6. The van der Waals surface area contributed by atoms with Crippen molar-refractivity contribution in [3.8, 4) is 0 Å². The molecule has 1 saturated carbocycles. The molecule has 23 heavy (non-hydrogen) atoms. The minimum Gasteiger partial charge on any atom is -0.357 e. The van der Waals surface area contributed by atoms with Crippen molar-refractivity contribution in [2.24, 2.45) is 16.8 Å². The minimum absolute atomic E-state index is 0. The zero-order valence-electron chi connectivity index (χ0n) is 14.2. The number of aryl methyl sites for hydroxylation is 1. The van der Waals surface area contributed by atoms with Gasteiger partial charge in [0.2, 0.25) is 0 Å². The molecule has 0 aromatic carbocycles. The van der Waals surface area contributed by atoms with Crippen molar-refractivity contribution in [2.75, 3.05) is 19.6 Å². The first-order valence-electron chi connectivity index (χ1n) is 8.71. The van der Waals surface area contributed by atoms with Gasteiger partial charge in [-0.05, 0) is 38.5 Å². The second kappa shape index (κ2) is 8.84. The van der Waals surface area contributed by atoms with Crippen molar-refractivity contribution in [3.63, 3.8) is 0 Å². The fraction of sp³-hybridized carbons (Fsp3) is 0.812. The van der Waals surface area contributed by atoms with E-state index in [0.29, 0.717) is 6.54 Å². The predicted octanol–water partition coefficient (Wildman–Crippen LogP) is 2.50. The van der Waals surface area contributed by atoms with Crippen LogP contribution in [0.5, 0.6) is 0 Å². The Morgan fingerprint density at radius 2 is 1.96 bits per heavy atom. The summed E-state index contributed by atoms with van der Waals surface area (Å²) in [7, 11) is 0. The Morgan fingerprint density at radius 1 is 1.26 bits per heavy atom. The van der Waals surface area contributed by atoms with Crippen molar-refractivity contribution in [1.82, 2.24) is 25.0 Å². The standard InChI is InChI=1S/C16H28N6.HI/c1-3-17-16(18-9-15-20-19-12-21(15)4-2)22-10-13-7-5-6-8-14(13)11-22;/h12-14H,3-11H2,1-2H3,(H,17,18);1H. The van der Waals surface area contributed by atoms with E-state index in [9.17, 15) is 0 Å². The van der Waals surface area contributed by atoms with Gasteiger partial charge in [0.1, 0.15) is 12.9 Å². The topological polar surface area (TPSA) is 58.3 Å². The second-order valence-electron chi connectivity index (χ2n) is 6.41. The Balaban J connectivity index is 0.00000192. The maximum absolute atomic E-state index is 4.81. The summed E-state index contributed by atoms with van der Waals surface area (Å²) >= 11 is 0. The van der Waals surface area contributed by atoms with Crippen LogP contribution in [0.25, 0.3) is 0 Å². The third-order valence-corrected chi connectivity index (χ3v) is 5.02. The molecule has 0 spiro atoms. The lowest BCUT2D eigenvalue weighted by Crippen LogP contribution is -2.40. The number of aromatic nitrogens is 3. The lowest BCUT2D eigenvalue weighted by atomic mass is 9.82. The van der Waals surface area contributed by atoms with Crippen LogP contribution in [0.2, 0.25) is 0 Å². The summed E-state index contributed by atoms with van der Waals surface area (Å²) in [5.74, 6) is 3.73. The molecule has 130 valence electrons. The van der Waals surface area contributed by atoms with Gasteiger partial charge >= 0.3 is 0 Å². The molecule has 0 radical (unpaired) electrons. The Morgan fingerprint density at radius 3 is 2.57 bits per heavy atom. The average Bonchev–Trinajstić information content (AvgIpc) is 3.17. The zero-order chi connectivity index (χ0) is 15.4. The number of rotatable bonds is 4. The summed E-state index contributed by atoms with van der Waals surface area (Å²) < 4.78 is 2.05. The monoisotopic (exact) mass is 432 g/mol. The molecule has 2 fully saturated rings. The van der Waals surface area contributed by atoms with Crippen molar-refractivity contribution >= 4 is 29.9 Å². The van der Waals surface area contributed by atoms with Crippen LogP contribution in [-0.4, -0.2) is 45.3 Å². The van der Waals surface area contributed by atoms with E-state index in [-0.39, 0.29) is 24.0 Å². The van der Waals surface area contributed by atoms with Crippen molar-refractivity contribution in [2.45, 2.75) is 52.6 Å². The lowest BCUT2D eigenvalue weighted by Gasteiger charge is -2.22. The van der Waals surface area contributed by atoms with Gasteiger partial charge in [-0.15, -0.1) is 34.2 Å². The normalized spacial score (nSPS) is 24.3. The smallest absolute Gasteiger partial charge is 0.194 e. The van der Waals surface area contributed by atoms with Crippen LogP contribution in [0.4, 0.5) is 0 Å². The van der Waals surface area contributed by atoms with Crippen LogP contribution < -0.4 is 5.32 Å². The van der Waals surface area contributed by atoms with Gasteiger partial charge in [0.15, 0.2) is 11.8 Å². The first-order valence-corrected chi connectivity index (χ1v) is 8.71. The highest BCUT2D eigenvalue weighted by Gasteiger charge is 2.35. The molecule has 6 nitrogen and oxygen atoms in total. The third-order valence-electron chi connectivity index (χ3n) is 5.02. The number of aliphatic imine (C=N–C) groups is 1. The maximum atomic E-state index is 4.81. The number of halogens is 1. The molecule has 0 amide bonds. The van der Waals surface area contributed by atoms with E-state index in [1.165, 1.54) is 25.7 Å². The fourth-order valence-electron chi connectivity index (χ4n) is 3.82. The molecular weight excluding hydrogens is 403 g/mol. The second-order valence-corrected chi connectivity index (χ2v) is 6.41. The largest absolute Gasteiger partial charge is 0.357 e. The Hall–Kier alpha value is -0.860. The van der Waals surface area contributed by atoms with E-state index < -0.39 is 0 Å². The zero-order valence-corrected chi connectivity index (χ0v) is 16.6. The Labute approximate surface area is 156 Å². The molecule has 3 rings (SSSR count). The summed E-state index contributed by atoms with van der Waals surface area (Å²) in [5, 5.41) is 11.6. The van der Waals surface area contributed by atoms with E-state index in [1.54, 1.807) is 6.33 Å². The summed E-state index contributed by atoms with van der Waals surface area (Å²) in [5.41, 5.74) is 0. The van der Waals surface area contributed by atoms with Gasteiger partial charge in [-0.25, -0.2) is 4.99 Å². The molecule has 2 unspecified atom stereocenters. The van der Waals surface area contributed by atoms with Crippen LogP contribution >= 0.6 is 24.0 Å². The van der Waals surface area contributed by atoms with Crippen molar-refractivity contribution in [1.29, 1.82) is 0 Å². The van der Waals surface area contributed by atoms with Gasteiger partial charge in [0.25, 0.3) is 0 Å². The highest BCUT2D eigenvalue weighted by atomic mass is 127. The van der Waals surface area contributed by atoms with Gasteiger partial charge in [0, 0.05) is 26.2 Å². The Kier molecular flexibility index (Phi) is 7.10. The molecule has 2 aliphatic rings. The lowest BCUT2D eigenvalue weighted by molar-refractivity contribution is 0.299. The molecule has 1 aliphatic carbocycles. The van der Waals surface area contributed by atoms with Crippen LogP contribution in [0.3, 0.4) is 0 Å². The average molecular weight is 432 g/mol. The van der Waals surface area contributed by atoms with Crippen LogP contribution in [0, 0.1) is 11.8 Å². The number of nitrogens with zero attached hydrogens (tertiary/aromatic N) is 5. The summed E-state index contributed by atoms with van der Waals surface area (Å²) in [6.07, 6.45) is 7.38.